The molecule has 5 nitrogen and oxygen atoms in total. The smallest absolute Gasteiger partial charge is 0.119 e. The zero-order chi connectivity index (χ0) is 13.9. The molecule has 0 amide bonds. The van der Waals surface area contributed by atoms with Crippen LogP contribution in [0.3, 0.4) is 0 Å². The van der Waals surface area contributed by atoms with Gasteiger partial charge in [0.05, 0.1) is 12.7 Å². The van der Waals surface area contributed by atoms with E-state index < -0.39 is 5.60 Å². The average Bonchev–Trinajstić information content (AvgIpc) is 2.80. The zero-order valence-corrected chi connectivity index (χ0v) is 11.6. The molecule has 0 aliphatic rings. The number of halogens is 1. The van der Waals surface area contributed by atoms with Crippen molar-refractivity contribution in [2.24, 2.45) is 0 Å². The summed E-state index contributed by atoms with van der Waals surface area (Å²) in [6.07, 6.45) is 1.71. The summed E-state index contributed by atoms with van der Waals surface area (Å²) in [5, 5.41) is 18.3. The first-order chi connectivity index (χ1) is 8.95. The first kappa shape index (κ1) is 13.8. The summed E-state index contributed by atoms with van der Waals surface area (Å²) in [4.78, 5) is 0. The first-order valence-electron chi connectivity index (χ1n) is 5.96. The SMILES string of the molecule is CC(C)(O)c1cn(CCOc2ccc(Cl)cc2)nn1. The van der Waals surface area contributed by atoms with Crippen LogP contribution >= 0.6 is 11.6 Å². The van der Waals surface area contributed by atoms with Crippen molar-refractivity contribution in [2.45, 2.75) is 26.0 Å². The molecule has 0 radical (unpaired) electrons. The Morgan fingerprint density at radius 3 is 2.58 bits per heavy atom. The fourth-order valence-electron chi connectivity index (χ4n) is 1.48. The molecule has 1 aromatic heterocycles. The van der Waals surface area contributed by atoms with Gasteiger partial charge < -0.3 is 9.84 Å². The van der Waals surface area contributed by atoms with Crippen molar-refractivity contribution in [3.05, 3.63) is 41.2 Å². The highest BCUT2D eigenvalue weighted by Gasteiger charge is 2.19. The van der Waals surface area contributed by atoms with E-state index in [1.807, 2.05) is 12.1 Å². The summed E-state index contributed by atoms with van der Waals surface area (Å²) in [7, 11) is 0. The molecule has 0 unspecified atom stereocenters. The van der Waals surface area contributed by atoms with Gasteiger partial charge in [0.1, 0.15) is 23.7 Å². The van der Waals surface area contributed by atoms with E-state index in [0.717, 1.165) is 5.75 Å². The van der Waals surface area contributed by atoms with Gasteiger partial charge in [0.25, 0.3) is 0 Å². The predicted molar refractivity (Wildman–Crippen MR) is 72.2 cm³/mol. The Bertz CT molecular complexity index is 532. The number of aliphatic hydroxyl groups is 1. The summed E-state index contributed by atoms with van der Waals surface area (Å²) in [5.41, 5.74) is -0.436. The molecule has 6 heteroatoms. The second-order valence-corrected chi connectivity index (χ2v) is 5.16. The Hall–Kier alpha value is -1.59. The van der Waals surface area contributed by atoms with E-state index in [9.17, 15) is 5.11 Å². The molecule has 1 heterocycles. The van der Waals surface area contributed by atoms with Crippen molar-refractivity contribution in [1.82, 2.24) is 15.0 Å². The Morgan fingerprint density at radius 2 is 2.00 bits per heavy atom. The maximum atomic E-state index is 9.77. The standard InChI is InChI=1S/C13H16ClN3O2/c1-13(2,18)12-9-17(16-15-12)7-8-19-11-5-3-10(14)4-6-11/h3-6,9,18H,7-8H2,1-2H3. The molecule has 1 aromatic carbocycles. The van der Waals surface area contributed by atoms with E-state index in [1.54, 1.807) is 36.9 Å². The lowest BCUT2D eigenvalue weighted by molar-refractivity contribution is 0.0737. The van der Waals surface area contributed by atoms with Gasteiger partial charge in [-0.05, 0) is 38.1 Å². The molecular formula is C13H16ClN3O2. The Kier molecular flexibility index (Phi) is 4.07. The summed E-state index contributed by atoms with van der Waals surface area (Å²) >= 11 is 5.79. The Morgan fingerprint density at radius 1 is 1.32 bits per heavy atom. The number of nitrogens with zero attached hydrogens (tertiary/aromatic N) is 3. The van der Waals surface area contributed by atoms with E-state index in [4.69, 9.17) is 16.3 Å². The maximum absolute atomic E-state index is 9.77. The van der Waals surface area contributed by atoms with Gasteiger partial charge in [-0.25, -0.2) is 4.68 Å². The summed E-state index contributed by atoms with van der Waals surface area (Å²) in [6.45, 7) is 4.37. The number of rotatable bonds is 5. The quantitative estimate of drug-likeness (QED) is 0.913. The van der Waals surface area contributed by atoms with E-state index in [1.165, 1.54) is 0 Å². The molecule has 19 heavy (non-hydrogen) atoms. The largest absolute Gasteiger partial charge is 0.492 e. The highest BCUT2D eigenvalue weighted by atomic mass is 35.5. The van der Waals surface area contributed by atoms with Crippen LogP contribution < -0.4 is 4.74 Å². The van der Waals surface area contributed by atoms with Crippen molar-refractivity contribution < 1.29 is 9.84 Å². The molecule has 0 spiro atoms. The molecule has 1 N–H and O–H groups in total. The van der Waals surface area contributed by atoms with Crippen LogP contribution in [0.5, 0.6) is 5.75 Å². The third-order valence-electron chi connectivity index (χ3n) is 2.57. The van der Waals surface area contributed by atoms with Gasteiger partial charge in [-0.15, -0.1) is 5.10 Å². The highest BCUT2D eigenvalue weighted by Crippen LogP contribution is 2.16. The van der Waals surface area contributed by atoms with Gasteiger partial charge in [-0.3, -0.25) is 0 Å². The fourth-order valence-corrected chi connectivity index (χ4v) is 1.60. The van der Waals surface area contributed by atoms with Gasteiger partial charge in [0.2, 0.25) is 0 Å². The molecule has 102 valence electrons. The van der Waals surface area contributed by atoms with E-state index in [2.05, 4.69) is 10.3 Å². The van der Waals surface area contributed by atoms with Crippen LogP contribution in [0.1, 0.15) is 19.5 Å². The predicted octanol–water partition coefficient (Wildman–Crippen LogP) is 2.24. The van der Waals surface area contributed by atoms with Gasteiger partial charge >= 0.3 is 0 Å². The van der Waals surface area contributed by atoms with Gasteiger partial charge in [-0.2, -0.15) is 0 Å². The van der Waals surface area contributed by atoms with E-state index in [-0.39, 0.29) is 0 Å². The van der Waals surface area contributed by atoms with Crippen molar-refractivity contribution >= 4 is 11.6 Å². The van der Waals surface area contributed by atoms with Crippen molar-refractivity contribution in [3.63, 3.8) is 0 Å². The maximum Gasteiger partial charge on any atom is 0.119 e. The number of hydrogen-bond donors (Lipinski definition) is 1. The first-order valence-corrected chi connectivity index (χ1v) is 6.34. The molecule has 0 fully saturated rings. The number of hydrogen-bond acceptors (Lipinski definition) is 4. The van der Waals surface area contributed by atoms with E-state index >= 15 is 0 Å². The molecule has 0 saturated carbocycles. The van der Waals surface area contributed by atoms with Crippen molar-refractivity contribution in [3.8, 4) is 5.75 Å². The summed E-state index contributed by atoms with van der Waals surface area (Å²) in [6, 6.07) is 7.18. The molecule has 0 bridgehead atoms. The lowest BCUT2D eigenvalue weighted by Gasteiger charge is -2.11. The Labute approximate surface area is 116 Å². The molecule has 0 aliphatic carbocycles. The van der Waals surface area contributed by atoms with Crippen LogP contribution in [-0.4, -0.2) is 26.7 Å². The lowest BCUT2D eigenvalue weighted by atomic mass is 10.1. The average molecular weight is 282 g/mol. The van der Waals surface area contributed by atoms with Crippen LogP contribution in [0, 0.1) is 0 Å². The minimum absolute atomic E-state index is 0.469. The third kappa shape index (κ3) is 3.94. The van der Waals surface area contributed by atoms with Crippen molar-refractivity contribution in [2.75, 3.05) is 6.61 Å². The van der Waals surface area contributed by atoms with Crippen LogP contribution in [0.25, 0.3) is 0 Å². The molecule has 2 rings (SSSR count). The van der Waals surface area contributed by atoms with Crippen molar-refractivity contribution in [1.29, 1.82) is 0 Å². The van der Waals surface area contributed by atoms with Crippen LogP contribution in [-0.2, 0) is 12.1 Å². The molecule has 0 aliphatic heterocycles. The highest BCUT2D eigenvalue weighted by molar-refractivity contribution is 6.30. The number of aromatic nitrogens is 3. The molecule has 0 atom stereocenters. The van der Waals surface area contributed by atoms with Crippen LogP contribution in [0.15, 0.2) is 30.5 Å². The summed E-state index contributed by atoms with van der Waals surface area (Å²) < 4.78 is 7.19. The van der Waals surface area contributed by atoms with E-state index in [0.29, 0.717) is 23.9 Å². The molecular weight excluding hydrogens is 266 g/mol. The van der Waals surface area contributed by atoms with Gasteiger partial charge in [0, 0.05) is 5.02 Å². The minimum atomic E-state index is -0.977. The van der Waals surface area contributed by atoms with Gasteiger partial charge in [-0.1, -0.05) is 16.8 Å². The third-order valence-corrected chi connectivity index (χ3v) is 2.82. The van der Waals surface area contributed by atoms with Gasteiger partial charge in [0.15, 0.2) is 0 Å². The molecule has 0 saturated heterocycles. The Balaban J connectivity index is 1.86. The van der Waals surface area contributed by atoms with Crippen LogP contribution in [0.2, 0.25) is 5.02 Å². The normalized spacial score (nSPS) is 11.6. The molecule has 2 aromatic rings. The fraction of sp³-hybridized carbons (Fsp3) is 0.385. The second kappa shape index (κ2) is 5.59. The second-order valence-electron chi connectivity index (χ2n) is 4.73. The summed E-state index contributed by atoms with van der Waals surface area (Å²) in [5.74, 6) is 0.757. The number of ether oxygens (including phenoxy) is 1. The topological polar surface area (TPSA) is 60.2 Å². The minimum Gasteiger partial charge on any atom is -0.492 e. The number of benzene rings is 1. The monoisotopic (exact) mass is 281 g/mol. The van der Waals surface area contributed by atoms with Crippen LogP contribution in [0.4, 0.5) is 0 Å². The lowest BCUT2D eigenvalue weighted by Crippen LogP contribution is -2.16. The zero-order valence-electron chi connectivity index (χ0n) is 10.9.